The SMILES string of the molecule is COc1c(Br)cc(Cl)cc1C(O)C1(CC(C)C)CCCC1. The minimum atomic E-state index is -0.535. The molecule has 4 heteroatoms. The van der Waals surface area contributed by atoms with Crippen molar-refractivity contribution >= 4 is 27.5 Å². The van der Waals surface area contributed by atoms with Gasteiger partial charge in [-0.1, -0.05) is 38.3 Å². The summed E-state index contributed by atoms with van der Waals surface area (Å²) in [5, 5.41) is 11.7. The van der Waals surface area contributed by atoms with Gasteiger partial charge in [-0.2, -0.15) is 0 Å². The Morgan fingerprint density at radius 2 is 1.95 bits per heavy atom. The molecule has 0 saturated heterocycles. The van der Waals surface area contributed by atoms with E-state index >= 15 is 0 Å². The average Bonchev–Trinajstić information content (AvgIpc) is 2.85. The van der Waals surface area contributed by atoms with Gasteiger partial charge in [0.2, 0.25) is 0 Å². The largest absolute Gasteiger partial charge is 0.495 e. The first-order valence-corrected chi connectivity index (χ1v) is 8.78. The van der Waals surface area contributed by atoms with E-state index in [1.54, 1.807) is 13.2 Å². The lowest BCUT2D eigenvalue weighted by molar-refractivity contribution is 0.00958. The number of hydrogen-bond acceptors (Lipinski definition) is 2. The summed E-state index contributed by atoms with van der Waals surface area (Å²) in [5.74, 6) is 1.26. The summed E-state index contributed by atoms with van der Waals surface area (Å²) in [6.45, 7) is 4.44. The molecule has 1 aromatic carbocycles. The monoisotopic (exact) mass is 374 g/mol. The highest BCUT2D eigenvalue weighted by molar-refractivity contribution is 9.10. The van der Waals surface area contributed by atoms with Gasteiger partial charge in [0, 0.05) is 16.0 Å². The number of benzene rings is 1. The lowest BCUT2D eigenvalue weighted by Gasteiger charge is -2.37. The Labute approximate surface area is 141 Å². The molecular weight excluding hydrogens is 352 g/mol. The number of hydrogen-bond donors (Lipinski definition) is 1. The van der Waals surface area contributed by atoms with Crippen LogP contribution in [0.3, 0.4) is 0 Å². The zero-order chi connectivity index (χ0) is 15.6. The molecule has 0 radical (unpaired) electrons. The fourth-order valence-electron chi connectivity index (χ4n) is 3.81. The maximum atomic E-state index is 11.1. The Kier molecular flexibility index (Phi) is 5.61. The highest BCUT2D eigenvalue weighted by atomic mass is 79.9. The minimum Gasteiger partial charge on any atom is -0.495 e. The first-order chi connectivity index (χ1) is 9.89. The molecule has 0 spiro atoms. The molecule has 118 valence electrons. The van der Waals surface area contributed by atoms with E-state index in [1.165, 1.54) is 12.8 Å². The summed E-state index contributed by atoms with van der Waals surface area (Å²) in [7, 11) is 1.63. The van der Waals surface area contributed by atoms with Crippen LogP contribution in [0, 0.1) is 11.3 Å². The molecule has 2 rings (SSSR count). The van der Waals surface area contributed by atoms with E-state index in [-0.39, 0.29) is 5.41 Å². The zero-order valence-electron chi connectivity index (χ0n) is 13.0. The highest BCUT2D eigenvalue weighted by Gasteiger charge is 2.42. The van der Waals surface area contributed by atoms with Gasteiger partial charge in [0.05, 0.1) is 17.7 Å². The molecule has 1 aliphatic carbocycles. The van der Waals surface area contributed by atoms with Crippen LogP contribution in [0.15, 0.2) is 16.6 Å². The number of methoxy groups -OCH3 is 1. The van der Waals surface area contributed by atoms with E-state index < -0.39 is 6.10 Å². The Hall–Kier alpha value is -0.250. The third-order valence-electron chi connectivity index (χ3n) is 4.53. The number of aliphatic hydroxyl groups is 1. The van der Waals surface area contributed by atoms with Crippen molar-refractivity contribution in [1.29, 1.82) is 0 Å². The van der Waals surface area contributed by atoms with Crippen molar-refractivity contribution in [2.24, 2.45) is 11.3 Å². The van der Waals surface area contributed by atoms with Gasteiger partial charge in [-0.05, 0) is 53.2 Å². The lowest BCUT2D eigenvalue weighted by Crippen LogP contribution is -2.28. The molecule has 1 saturated carbocycles. The van der Waals surface area contributed by atoms with Crippen molar-refractivity contribution in [3.05, 3.63) is 27.2 Å². The summed E-state index contributed by atoms with van der Waals surface area (Å²) < 4.78 is 6.29. The summed E-state index contributed by atoms with van der Waals surface area (Å²) in [5.41, 5.74) is 0.755. The second-order valence-electron chi connectivity index (χ2n) is 6.58. The van der Waals surface area contributed by atoms with Gasteiger partial charge in [-0.15, -0.1) is 0 Å². The Balaban J connectivity index is 2.44. The quantitative estimate of drug-likeness (QED) is 0.710. The highest BCUT2D eigenvalue weighted by Crippen LogP contribution is 2.54. The third-order valence-corrected chi connectivity index (χ3v) is 5.34. The van der Waals surface area contributed by atoms with Gasteiger partial charge in [0.25, 0.3) is 0 Å². The molecule has 1 unspecified atom stereocenters. The molecule has 0 heterocycles. The molecule has 1 N–H and O–H groups in total. The van der Waals surface area contributed by atoms with E-state index in [9.17, 15) is 5.11 Å². The average molecular weight is 376 g/mol. The lowest BCUT2D eigenvalue weighted by atomic mass is 9.72. The van der Waals surface area contributed by atoms with Crippen molar-refractivity contribution in [2.75, 3.05) is 7.11 Å². The van der Waals surface area contributed by atoms with Crippen LogP contribution in [-0.2, 0) is 0 Å². The summed E-state index contributed by atoms with van der Waals surface area (Å²) >= 11 is 9.67. The normalized spacial score (nSPS) is 19.0. The van der Waals surface area contributed by atoms with Crippen molar-refractivity contribution < 1.29 is 9.84 Å². The molecule has 1 atom stereocenters. The second-order valence-corrected chi connectivity index (χ2v) is 7.87. The number of rotatable bonds is 5. The fraction of sp³-hybridized carbons (Fsp3) is 0.647. The van der Waals surface area contributed by atoms with E-state index in [2.05, 4.69) is 29.8 Å². The molecule has 0 aliphatic heterocycles. The van der Waals surface area contributed by atoms with Gasteiger partial charge >= 0.3 is 0 Å². The molecule has 0 amide bonds. The Morgan fingerprint density at radius 1 is 1.33 bits per heavy atom. The number of aliphatic hydroxyl groups excluding tert-OH is 1. The minimum absolute atomic E-state index is 0.0500. The van der Waals surface area contributed by atoms with Gasteiger partial charge in [-0.3, -0.25) is 0 Å². The summed E-state index contributed by atoms with van der Waals surface area (Å²) in [6.07, 6.45) is 5.01. The summed E-state index contributed by atoms with van der Waals surface area (Å²) in [6, 6.07) is 3.65. The molecule has 0 aromatic heterocycles. The van der Waals surface area contributed by atoms with E-state index in [0.29, 0.717) is 16.7 Å². The van der Waals surface area contributed by atoms with Gasteiger partial charge in [0.1, 0.15) is 5.75 Å². The Bertz CT molecular complexity index is 496. The molecule has 1 fully saturated rings. The van der Waals surface area contributed by atoms with E-state index in [4.69, 9.17) is 16.3 Å². The summed E-state index contributed by atoms with van der Waals surface area (Å²) in [4.78, 5) is 0. The van der Waals surface area contributed by atoms with Crippen LogP contribution in [0.5, 0.6) is 5.75 Å². The number of halogens is 2. The third kappa shape index (κ3) is 3.57. The van der Waals surface area contributed by atoms with Crippen LogP contribution in [0.4, 0.5) is 0 Å². The topological polar surface area (TPSA) is 29.5 Å². The molecule has 2 nitrogen and oxygen atoms in total. The maximum Gasteiger partial charge on any atom is 0.138 e. The van der Waals surface area contributed by atoms with E-state index in [0.717, 1.165) is 29.3 Å². The molecule has 21 heavy (non-hydrogen) atoms. The van der Waals surface area contributed by atoms with Crippen LogP contribution >= 0.6 is 27.5 Å². The maximum absolute atomic E-state index is 11.1. The molecule has 1 aromatic rings. The van der Waals surface area contributed by atoms with Crippen molar-refractivity contribution in [3.8, 4) is 5.75 Å². The molecular formula is C17H24BrClO2. The smallest absolute Gasteiger partial charge is 0.138 e. The van der Waals surface area contributed by atoms with Crippen LogP contribution in [0.2, 0.25) is 5.02 Å². The predicted molar refractivity (Wildman–Crippen MR) is 91.0 cm³/mol. The first kappa shape index (κ1) is 17.1. The van der Waals surface area contributed by atoms with Gasteiger partial charge in [-0.25, -0.2) is 0 Å². The first-order valence-electron chi connectivity index (χ1n) is 7.60. The van der Waals surface area contributed by atoms with Crippen molar-refractivity contribution in [1.82, 2.24) is 0 Å². The molecule has 0 bridgehead atoms. The Morgan fingerprint density at radius 3 is 2.48 bits per heavy atom. The fourth-order valence-corrected chi connectivity index (χ4v) is 4.81. The van der Waals surface area contributed by atoms with Crippen LogP contribution < -0.4 is 4.74 Å². The van der Waals surface area contributed by atoms with Crippen molar-refractivity contribution in [2.45, 2.75) is 52.1 Å². The van der Waals surface area contributed by atoms with Crippen LogP contribution in [-0.4, -0.2) is 12.2 Å². The molecule has 1 aliphatic rings. The number of ether oxygens (including phenoxy) is 1. The zero-order valence-corrected chi connectivity index (χ0v) is 15.3. The standard InChI is InChI=1S/C17H24BrClO2/c1-11(2)10-17(6-4-5-7-17)16(20)13-8-12(19)9-14(18)15(13)21-3/h8-9,11,16,20H,4-7,10H2,1-3H3. The van der Waals surface area contributed by atoms with Crippen LogP contribution in [0.25, 0.3) is 0 Å². The predicted octanol–water partition coefficient (Wildman–Crippen LogP) is 5.75. The van der Waals surface area contributed by atoms with E-state index in [1.807, 2.05) is 6.07 Å². The van der Waals surface area contributed by atoms with Crippen molar-refractivity contribution in [3.63, 3.8) is 0 Å². The van der Waals surface area contributed by atoms with Crippen LogP contribution in [0.1, 0.15) is 57.6 Å². The van der Waals surface area contributed by atoms with Gasteiger partial charge < -0.3 is 9.84 Å². The second kappa shape index (κ2) is 6.89. The van der Waals surface area contributed by atoms with Gasteiger partial charge in [0.15, 0.2) is 0 Å².